The Bertz CT molecular complexity index is 869. The largest absolute Gasteiger partial charge is 0.504 e. The van der Waals surface area contributed by atoms with Gasteiger partial charge in [0.2, 0.25) is 0 Å². The summed E-state index contributed by atoms with van der Waals surface area (Å²) in [6.07, 6.45) is 1.33. The topological polar surface area (TPSA) is 76.0 Å². The predicted molar refractivity (Wildman–Crippen MR) is 91.6 cm³/mol. The third-order valence-corrected chi connectivity index (χ3v) is 4.88. The third kappa shape index (κ3) is 2.69. The van der Waals surface area contributed by atoms with Gasteiger partial charge in [0.1, 0.15) is 23.2 Å². The summed E-state index contributed by atoms with van der Waals surface area (Å²) in [6, 6.07) is 8.12. The number of phenolic OH excluding ortho intramolecular Hbond substituents is 2. The van der Waals surface area contributed by atoms with Crippen molar-refractivity contribution in [1.29, 1.82) is 0 Å². The minimum atomic E-state index is -0.493. The molecule has 2 aromatic carbocycles. The Labute approximate surface area is 145 Å². The van der Waals surface area contributed by atoms with E-state index in [1.807, 2.05) is 19.9 Å². The molecule has 4 rings (SSSR count). The first kappa shape index (κ1) is 15.8. The lowest BCUT2D eigenvalue weighted by Gasteiger charge is -2.35. The van der Waals surface area contributed by atoms with Crippen LogP contribution in [0.3, 0.4) is 0 Å². The van der Waals surface area contributed by atoms with E-state index < -0.39 is 6.10 Å². The average molecular weight is 340 g/mol. The lowest BCUT2D eigenvalue weighted by Crippen LogP contribution is -2.33. The van der Waals surface area contributed by atoms with E-state index in [2.05, 4.69) is 0 Å². The summed E-state index contributed by atoms with van der Waals surface area (Å²) >= 11 is 0. The van der Waals surface area contributed by atoms with Gasteiger partial charge in [-0.1, -0.05) is 6.07 Å². The van der Waals surface area contributed by atoms with Crippen molar-refractivity contribution in [1.82, 2.24) is 0 Å². The van der Waals surface area contributed by atoms with Gasteiger partial charge in [-0.2, -0.15) is 0 Å². The molecule has 0 unspecified atom stereocenters. The second kappa shape index (κ2) is 5.41. The lowest BCUT2D eigenvalue weighted by atomic mass is 9.89. The van der Waals surface area contributed by atoms with E-state index >= 15 is 0 Å². The quantitative estimate of drug-likeness (QED) is 0.770. The number of ether oxygens (including phenoxy) is 2. The van der Waals surface area contributed by atoms with Gasteiger partial charge >= 0.3 is 0 Å². The molecular weight excluding hydrogens is 320 g/mol. The number of fused-ring (bicyclic) bond motifs is 3. The molecule has 130 valence electrons. The number of carbonyl (C=O) groups is 1. The van der Waals surface area contributed by atoms with Gasteiger partial charge in [0.25, 0.3) is 0 Å². The number of ketones is 1. The van der Waals surface area contributed by atoms with Crippen LogP contribution < -0.4 is 9.47 Å². The number of hydrogen-bond acceptors (Lipinski definition) is 5. The molecule has 2 N–H and O–H groups in total. The van der Waals surface area contributed by atoms with Crippen molar-refractivity contribution in [2.75, 3.05) is 0 Å². The molecule has 5 nitrogen and oxygen atoms in total. The maximum Gasteiger partial charge on any atom is 0.170 e. The molecule has 5 heteroatoms. The zero-order valence-electron chi connectivity index (χ0n) is 14.2. The van der Waals surface area contributed by atoms with Crippen LogP contribution in [0.4, 0.5) is 0 Å². The van der Waals surface area contributed by atoms with Gasteiger partial charge in [0.15, 0.2) is 17.3 Å². The molecule has 25 heavy (non-hydrogen) atoms. The number of Topliss-reactive ketones (excluding diaryl/α,β-unsaturated/α-hetero) is 1. The summed E-state index contributed by atoms with van der Waals surface area (Å²) in [6.45, 7) is 4.09. The monoisotopic (exact) mass is 340 g/mol. The third-order valence-electron chi connectivity index (χ3n) is 4.88. The molecule has 0 bridgehead atoms. The van der Waals surface area contributed by atoms with Crippen molar-refractivity contribution in [3.05, 3.63) is 47.0 Å². The minimum Gasteiger partial charge on any atom is -0.504 e. The zero-order chi connectivity index (χ0) is 17.8. The first-order valence-corrected chi connectivity index (χ1v) is 8.41. The number of aromatic hydroxyl groups is 2. The van der Waals surface area contributed by atoms with Crippen molar-refractivity contribution in [3.8, 4) is 23.0 Å². The molecule has 0 amide bonds. The van der Waals surface area contributed by atoms with Crippen molar-refractivity contribution in [2.24, 2.45) is 0 Å². The molecule has 0 fully saturated rings. The molecule has 0 aromatic heterocycles. The van der Waals surface area contributed by atoms with Crippen molar-refractivity contribution in [3.63, 3.8) is 0 Å². The summed E-state index contributed by atoms with van der Waals surface area (Å²) in [5.74, 6) is 0.934. The fourth-order valence-electron chi connectivity index (χ4n) is 3.46. The SMILES string of the molecule is CC1(C)CCc2c(ccc3c2O[C@H](c2ccc(O)c(O)c2)CC3=O)O1. The second-order valence-corrected chi connectivity index (χ2v) is 7.26. The van der Waals surface area contributed by atoms with E-state index in [1.54, 1.807) is 12.1 Å². The Balaban J connectivity index is 1.74. The summed E-state index contributed by atoms with van der Waals surface area (Å²) in [5, 5.41) is 19.2. The molecule has 0 radical (unpaired) electrons. The maximum absolute atomic E-state index is 12.6. The zero-order valence-corrected chi connectivity index (χ0v) is 14.2. The number of carbonyl (C=O) groups excluding carboxylic acids is 1. The van der Waals surface area contributed by atoms with Crippen LogP contribution >= 0.6 is 0 Å². The lowest BCUT2D eigenvalue weighted by molar-refractivity contribution is 0.0766. The maximum atomic E-state index is 12.6. The molecule has 0 saturated carbocycles. The van der Waals surface area contributed by atoms with Gasteiger partial charge in [0, 0.05) is 5.56 Å². The van der Waals surface area contributed by atoms with Gasteiger partial charge in [0.05, 0.1) is 12.0 Å². The van der Waals surface area contributed by atoms with E-state index in [0.29, 0.717) is 16.9 Å². The van der Waals surface area contributed by atoms with Crippen LogP contribution in [-0.4, -0.2) is 21.6 Å². The van der Waals surface area contributed by atoms with Gasteiger partial charge in [-0.15, -0.1) is 0 Å². The van der Waals surface area contributed by atoms with Crippen LogP contribution in [0, 0.1) is 0 Å². The molecule has 1 atom stereocenters. The van der Waals surface area contributed by atoms with Crippen LogP contribution in [0.15, 0.2) is 30.3 Å². The van der Waals surface area contributed by atoms with E-state index in [4.69, 9.17) is 9.47 Å². The molecule has 0 spiro atoms. The number of phenols is 2. The highest BCUT2D eigenvalue weighted by Crippen LogP contribution is 2.45. The highest BCUT2D eigenvalue weighted by molar-refractivity contribution is 6.00. The fourth-order valence-corrected chi connectivity index (χ4v) is 3.46. The first-order valence-electron chi connectivity index (χ1n) is 8.41. The van der Waals surface area contributed by atoms with E-state index in [0.717, 1.165) is 24.2 Å². The van der Waals surface area contributed by atoms with Crippen LogP contribution in [0.25, 0.3) is 0 Å². The van der Waals surface area contributed by atoms with Gasteiger partial charge < -0.3 is 19.7 Å². The first-order chi connectivity index (χ1) is 11.8. The highest BCUT2D eigenvalue weighted by atomic mass is 16.5. The molecule has 0 aliphatic carbocycles. The Morgan fingerprint density at radius 1 is 1.12 bits per heavy atom. The van der Waals surface area contributed by atoms with Crippen LogP contribution in [0.5, 0.6) is 23.0 Å². The molecule has 2 heterocycles. The molecule has 0 saturated heterocycles. The number of hydrogen-bond donors (Lipinski definition) is 2. The van der Waals surface area contributed by atoms with E-state index in [1.165, 1.54) is 12.1 Å². The number of benzene rings is 2. The van der Waals surface area contributed by atoms with Crippen molar-refractivity contribution < 1.29 is 24.5 Å². The van der Waals surface area contributed by atoms with Crippen LogP contribution in [0.2, 0.25) is 0 Å². The van der Waals surface area contributed by atoms with Crippen molar-refractivity contribution in [2.45, 2.75) is 44.8 Å². The van der Waals surface area contributed by atoms with Gasteiger partial charge in [-0.05, 0) is 56.5 Å². The highest BCUT2D eigenvalue weighted by Gasteiger charge is 2.35. The normalized spacial score (nSPS) is 20.9. The standard InChI is InChI=1S/C20H20O5/c1-20(2)8-7-13-17(25-20)6-4-12-15(22)10-18(24-19(12)13)11-3-5-14(21)16(23)9-11/h3-6,9,18,21,23H,7-8,10H2,1-2H3/t18-/m0/s1. The van der Waals surface area contributed by atoms with Crippen LogP contribution in [-0.2, 0) is 6.42 Å². The molecule has 2 aliphatic heterocycles. The number of rotatable bonds is 1. The summed E-state index contributed by atoms with van der Waals surface area (Å²) < 4.78 is 12.2. The summed E-state index contributed by atoms with van der Waals surface area (Å²) in [7, 11) is 0. The second-order valence-electron chi connectivity index (χ2n) is 7.26. The van der Waals surface area contributed by atoms with Crippen LogP contribution in [0.1, 0.15) is 54.3 Å². The van der Waals surface area contributed by atoms with Gasteiger partial charge in [-0.25, -0.2) is 0 Å². The predicted octanol–water partition coefficient (Wildman–Crippen LogP) is 3.91. The Hall–Kier alpha value is -2.69. The average Bonchev–Trinajstić information content (AvgIpc) is 2.55. The van der Waals surface area contributed by atoms with E-state index in [-0.39, 0.29) is 29.3 Å². The molecular formula is C20H20O5. The summed E-state index contributed by atoms with van der Waals surface area (Å²) in [5.41, 5.74) is 1.94. The van der Waals surface area contributed by atoms with E-state index in [9.17, 15) is 15.0 Å². The Morgan fingerprint density at radius 3 is 2.68 bits per heavy atom. The molecule has 2 aromatic rings. The smallest absolute Gasteiger partial charge is 0.170 e. The van der Waals surface area contributed by atoms with Gasteiger partial charge in [-0.3, -0.25) is 4.79 Å². The fraction of sp³-hybridized carbons (Fsp3) is 0.350. The Morgan fingerprint density at radius 2 is 1.92 bits per heavy atom. The summed E-state index contributed by atoms with van der Waals surface area (Å²) in [4.78, 5) is 12.6. The molecule has 2 aliphatic rings. The Kier molecular flexibility index (Phi) is 3.42. The van der Waals surface area contributed by atoms with Crippen molar-refractivity contribution >= 4 is 5.78 Å². The minimum absolute atomic E-state index is 0.00597.